The van der Waals surface area contributed by atoms with Crippen molar-refractivity contribution in [3.63, 3.8) is 0 Å². The van der Waals surface area contributed by atoms with Gasteiger partial charge >= 0.3 is 11.9 Å². The Hall–Kier alpha value is -2.54. The van der Waals surface area contributed by atoms with Crippen molar-refractivity contribution in [2.45, 2.75) is 38.7 Å². The van der Waals surface area contributed by atoms with Crippen LogP contribution in [0.2, 0.25) is 0 Å². The number of carboxylic acids is 1. The summed E-state index contributed by atoms with van der Waals surface area (Å²) >= 11 is 1.46. The zero-order chi connectivity index (χ0) is 19.1. The van der Waals surface area contributed by atoms with Crippen molar-refractivity contribution in [3.05, 3.63) is 52.5 Å². The maximum absolute atomic E-state index is 13.0. The Kier molecular flexibility index (Phi) is 7.03. The molecule has 138 valence electrons. The van der Waals surface area contributed by atoms with E-state index >= 15 is 0 Å². The second-order valence-corrected chi connectivity index (χ2v) is 6.95. The van der Waals surface area contributed by atoms with Crippen molar-refractivity contribution in [1.82, 2.24) is 4.98 Å². The lowest BCUT2D eigenvalue weighted by molar-refractivity contribution is -0.164. The normalized spacial score (nSPS) is 14.2. The highest BCUT2D eigenvalue weighted by atomic mass is 32.1. The Balaban J connectivity index is 2.33. The number of aromatic nitrogens is 1. The molecule has 0 saturated carbocycles. The molecule has 26 heavy (non-hydrogen) atoms. The zero-order valence-electron chi connectivity index (χ0n) is 14.6. The second kappa shape index (κ2) is 9.24. The summed E-state index contributed by atoms with van der Waals surface area (Å²) in [5, 5.41) is 11.4. The number of carboxylic acid groups (broad SMARTS) is 1. The highest BCUT2D eigenvalue weighted by molar-refractivity contribution is 7.09. The Morgan fingerprint density at radius 2 is 2.00 bits per heavy atom. The van der Waals surface area contributed by atoms with E-state index < -0.39 is 35.7 Å². The molecule has 0 fully saturated rings. The number of esters is 1. The smallest absolute Gasteiger partial charge is 0.328 e. The zero-order valence-corrected chi connectivity index (χ0v) is 15.4. The standard InChI is InChI=1S/C19H21NO5S/c1-3-12(2)25-19(24)16(18(22)23)17(21)14(11-13-7-6-10-26-13)15-8-4-5-9-20-15/h4-10,12,14,16H,3,11H2,1-2H3,(H,22,23). The van der Waals surface area contributed by atoms with Gasteiger partial charge in [-0.1, -0.05) is 19.1 Å². The molecule has 0 aromatic carbocycles. The van der Waals surface area contributed by atoms with Crippen molar-refractivity contribution < 1.29 is 24.2 Å². The lowest BCUT2D eigenvalue weighted by atomic mass is 9.87. The molecule has 3 atom stereocenters. The third-order valence-electron chi connectivity index (χ3n) is 4.03. The van der Waals surface area contributed by atoms with Gasteiger partial charge in [-0.2, -0.15) is 0 Å². The number of carbonyl (C=O) groups is 3. The van der Waals surface area contributed by atoms with Gasteiger partial charge in [0.05, 0.1) is 17.7 Å². The number of thiophene rings is 1. The lowest BCUT2D eigenvalue weighted by Gasteiger charge is -2.20. The Morgan fingerprint density at radius 1 is 1.23 bits per heavy atom. The van der Waals surface area contributed by atoms with Gasteiger partial charge in [0, 0.05) is 11.1 Å². The fourth-order valence-corrected chi connectivity index (χ4v) is 3.20. The van der Waals surface area contributed by atoms with Crippen molar-refractivity contribution in [2.75, 3.05) is 0 Å². The predicted molar refractivity (Wildman–Crippen MR) is 97.0 cm³/mol. The Labute approximate surface area is 155 Å². The predicted octanol–water partition coefficient (Wildman–Crippen LogP) is 3.08. The van der Waals surface area contributed by atoms with Gasteiger partial charge in [-0.05, 0) is 43.3 Å². The van der Waals surface area contributed by atoms with E-state index in [1.54, 1.807) is 25.1 Å². The van der Waals surface area contributed by atoms with E-state index in [4.69, 9.17) is 4.74 Å². The van der Waals surface area contributed by atoms with E-state index in [0.29, 0.717) is 12.1 Å². The van der Waals surface area contributed by atoms with Crippen LogP contribution in [0.5, 0.6) is 0 Å². The van der Waals surface area contributed by atoms with Crippen molar-refractivity contribution in [2.24, 2.45) is 5.92 Å². The van der Waals surface area contributed by atoms with E-state index in [1.807, 2.05) is 24.4 Å². The molecule has 0 spiro atoms. The van der Waals surface area contributed by atoms with Crippen LogP contribution < -0.4 is 0 Å². The van der Waals surface area contributed by atoms with Gasteiger partial charge < -0.3 is 9.84 Å². The molecule has 2 heterocycles. The van der Waals surface area contributed by atoms with Gasteiger partial charge in [-0.25, -0.2) is 0 Å². The highest BCUT2D eigenvalue weighted by Gasteiger charge is 2.41. The van der Waals surface area contributed by atoms with Gasteiger partial charge in [0.15, 0.2) is 5.78 Å². The number of ketones is 1. The first-order valence-electron chi connectivity index (χ1n) is 8.34. The topological polar surface area (TPSA) is 93.6 Å². The Bertz CT molecular complexity index is 745. The van der Waals surface area contributed by atoms with Crippen LogP contribution in [0.25, 0.3) is 0 Å². The van der Waals surface area contributed by atoms with Gasteiger partial charge in [-0.3, -0.25) is 19.4 Å². The van der Waals surface area contributed by atoms with E-state index in [0.717, 1.165) is 4.88 Å². The minimum absolute atomic E-state index is 0.286. The van der Waals surface area contributed by atoms with Crippen LogP contribution in [-0.4, -0.2) is 33.9 Å². The van der Waals surface area contributed by atoms with Gasteiger partial charge in [0.25, 0.3) is 0 Å². The van der Waals surface area contributed by atoms with Crippen molar-refractivity contribution in [1.29, 1.82) is 0 Å². The van der Waals surface area contributed by atoms with Crippen LogP contribution in [0.15, 0.2) is 41.9 Å². The second-order valence-electron chi connectivity index (χ2n) is 5.92. The number of nitrogens with zero attached hydrogens (tertiary/aromatic N) is 1. The average molecular weight is 375 g/mol. The van der Waals surface area contributed by atoms with E-state index in [9.17, 15) is 19.5 Å². The van der Waals surface area contributed by atoms with Crippen molar-refractivity contribution >= 4 is 29.1 Å². The molecular formula is C19H21NO5S. The summed E-state index contributed by atoms with van der Waals surface area (Å²) in [7, 11) is 0. The first kappa shape index (κ1) is 19.8. The van der Waals surface area contributed by atoms with Crippen LogP contribution in [0.3, 0.4) is 0 Å². The molecule has 7 heteroatoms. The summed E-state index contributed by atoms with van der Waals surface area (Å²) < 4.78 is 5.11. The first-order valence-corrected chi connectivity index (χ1v) is 9.22. The average Bonchev–Trinajstić information content (AvgIpc) is 3.13. The molecule has 2 aromatic heterocycles. The van der Waals surface area contributed by atoms with E-state index in [1.165, 1.54) is 17.5 Å². The lowest BCUT2D eigenvalue weighted by Crippen LogP contribution is -2.38. The van der Waals surface area contributed by atoms with Gasteiger partial charge in [0.2, 0.25) is 5.92 Å². The number of rotatable bonds is 9. The molecule has 2 aromatic rings. The van der Waals surface area contributed by atoms with Gasteiger partial charge in [0.1, 0.15) is 0 Å². The number of carbonyl (C=O) groups excluding carboxylic acids is 2. The molecule has 0 aliphatic heterocycles. The third-order valence-corrected chi connectivity index (χ3v) is 4.93. The summed E-state index contributed by atoms with van der Waals surface area (Å²) in [4.78, 5) is 42.1. The minimum atomic E-state index is -1.86. The van der Waals surface area contributed by atoms with Gasteiger partial charge in [-0.15, -0.1) is 11.3 Å². The summed E-state index contributed by atoms with van der Waals surface area (Å²) in [5.74, 6) is -5.94. The molecule has 0 aliphatic rings. The number of aliphatic carboxylic acids is 1. The summed E-state index contributed by atoms with van der Waals surface area (Å²) in [5.41, 5.74) is 0.438. The van der Waals surface area contributed by atoms with Crippen LogP contribution >= 0.6 is 11.3 Å². The molecule has 0 amide bonds. The molecule has 2 rings (SSSR count). The highest BCUT2D eigenvalue weighted by Crippen LogP contribution is 2.26. The number of pyridine rings is 1. The quantitative estimate of drug-likeness (QED) is 0.535. The van der Waals surface area contributed by atoms with E-state index in [-0.39, 0.29) is 6.42 Å². The molecule has 6 nitrogen and oxygen atoms in total. The summed E-state index contributed by atoms with van der Waals surface area (Å²) in [6.45, 7) is 3.46. The number of hydrogen-bond acceptors (Lipinski definition) is 6. The fraction of sp³-hybridized carbons (Fsp3) is 0.368. The molecule has 0 aliphatic carbocycles. The summed E-state index contributed by atoms with van der Waals surface area (Å²) in [6, 6.07) is 8.81. The van der Waals surface area contributed by atoms with Crippen LogP contribution in [0, 0.1) is 5.92 Å². The largest absolute Gasteiger partial charge is 0.480 e. The first-order chi connectivity index (χ1) is 12.4. The van der Waals surface area contributed by atoms with Crippen molar-refractivity contribution in [3.8, 4) is 0 Å². The molecule has 0 radical (unpaired) electrons. The monoisotopic (exact) mass is 375 g/mol. The maximum atomic E-state index is 13.0. The van der Waals surface area contributed by atoms with Crippen LogP contribution in [0.1, 0.15) is 36.8 Å². The van der Waals surface area contributed by atoms with Crippen LogP contribution in [0.4, 0.5) is 0 Å². The summed E-state index contributed by atoms with van der Waals surface area (Å²) in [6.07, 6.45) is 1.90. The maximum Gasteiger partial charge on any atom is 0.328 e. The third kappa shape index (κ3) is 4.98. The molecule has 1 N–H and O–H groups in total. The Morgan fingerprint density at radius 3 is 2.54 bits per heavy atom. The molecule has 0 saturated heterocycles. The number of hydrogen-bond donors (Lipinski definition) is 1. The number of Topliss-reactive ketones (excluding diaryl/α,β-unsaturated/α-hetero) is 1. The molecular weight excluding hydrogens is 354 g/mol. The van der Waals surface area contributed by atoms with E-state index in [2.05, 4.69) is 4.98 Å². The molecule has 3 unspecified atom stereocenters. The molecule has 0 bridgehead atoms. The SMILES string of the molecule is CCC(C)OC(=O)C(C(=O)O)C(=O)C(Cc1cccs1)c1ccccn1. The van der Waals surface area contributed by atoms with Crippen LogP contribution in [-0.2, 0) is 25.5 Å². The fourth-order valence-electron chi connectivity index (χ4n) is 2.45. The number of ether oxygens (including phenoxy) is 1. The minimum Gasteiger partial charge on any atom is -0.480 e.